The number of carboxylic acids is 1. The molecule has 0 amide bonds. The molecule has 0 saturated carbocycles. The number of nitrogens with zero attached hydrogens (tertiary/aromatic N) is 1. The third-order valence-electron chi connectivity index (χ3n) is 1.66. The van der Waals surface area contributed by atoms with Gasteiger partial charge in [0.2, 0.25) is 0 Å². The Morgan fingerprint density at radius 1 is 1.54 bits per heavy atom. The van der Waals surface area contributed by atoms with Crippen LogP contribution in [0.4, 0.5) is 0 Å². The molecular formula is C8H4BrNO2S. The van der Waals surface area contributed by atoms with Crippen LogP contribution in [0, 0.1) is 0 Å². The number of halogens is 1. The van der Waals surface area contributed by atoms with Gasteiger partial charge in [0.25, 0.3) is 0 Å². The minimum Gasteiger partial charge on any atom is -0.478 e. The first-order valence-corrected chi connectivity index (χ1v) is 5.08. The second-order valence-corrected chi connectivity index (χ2v) is 4.06. The molecule has 0 saturated heterocycles. The molecular weight excluding hydrogens is 254 g/mol. The predicted octanol–water partition coefficient (Wildman–Crippen LogP) is 2.76. The van der Waals surface area contributed by atoms with Crippen LogP contribution in [0.15, 0.2) is 22.0 Å². The van der Waals surface area contributed by atoms with Gasteiger partial charge in [-0.1, -0.05) is 15.9 Å². The quantitative estimate of drug-likeness (QED) is 0.855. The maximum atomic E-state index is 10.8. The van der Waals surface area contributed by atoms with E-state index >= 15 is 0 Å². The van der Waals surface area contributed by atoms with E-state index in [0.717, 1.165) is 9.86 Å². The summed E-state index contributed by atoms with van der Waals surface area (Å²) < 4.78 is 4.78. The first kappa shape index (κ1) is 8.65. The second kappa shape index (κ2) is 3.08. The Balaban J connectivity index is 2.84. The van der Waals surface area contributed by atoms with E-state index in [1.54, 1.807) is 6.07 Å². The van der Waals surface area contributed by atoms with Crippen molar-refractivity contribution < 1.29 is 9.90 Å². The molecule has 2 aromatic rings. The molecule has 0 aliphatic rings. The summed E-state index contributed by atoms with van der Waals surface area (Å²) in [4.78, 5) is 10.8. The van der Waals surface area contributed by atoms with Gasteiger partial charge in [0, 0.05) is 15.2 Å². The van der Waals surface area contributed by atoms with Crippen molar-refractivity contribution >= 4 is 44.3 Å². The number of aromatic nitrogens is 1. The Labute approximate surface area is 86.3 Å². The highest BCUT2D eigenvalue weighted by molar-refractivity contribution is 9.10. The Bertz CT molecular complexity index is 480. The maximum Gasteiger partial charge on any atom is 0.337 e. The highest BCUT2D eigenvalue weighted by Crippen LogP contribution is 2.24. The molecule has 0 radical (unpaired) electrons. The molecule has 0 atom stereocenters. The van der Waals surface area contributed by atoms with Crippen molar-refractivity contribution in [1.82, 2.24) is 4.37 Å². The molecule has 1 aromatic heterocycles. The standard InChI is InChI=1S/C8H4BrNO2S/c9-5-1-4-3-13-10-7(4)6(2-5)8(11)12/h1-3H,(H,11,12). The zero-order valence-electron chi connectivity index (χ0n) is 6.32. The predicted molar refractivity (Wildman–Crippen MR) is 54.3 cm³/mol. The van der Waals surface area contributed by atoms with Gasteiger partial charge in [0.1, 0.15) is 0 Å². The molecule has 0 fully saturated rings. The van der Waals surface area contributed by atoms with Crippen molar-refractivity contribution in [1.29, 1.82) is 0 Å². The number of carbonyl (C=O) groups is 1. The third kappa shape index (κ3) is 1.45. The van der Waals surface area contributed by atoms with Gasteiger partial charge in [-0.25, -0.2) is 4.79 Å². The number of benzene rings is 1. The van der Waals surface area contributed by atoms with Crippen molar-refractivity contribution in [2.24, 2.45) is 0 Å². The lowest BCUT2D eigenvalue weighted by atomic mass is 10.1. The van der Waals surface area contributed by atoms with E-state index in [-0.39, 0.29) is 5.56 Å². The van der Waals surface area contributed by atoms with Crippen molar-refractivity contribution in [3.63, 3.8) is 0 Å². The lowest BCUT2D eigenvalue weighted by Crippen LogP contribution is -1.97. The van der Waals surface area contributed by atoms with Gasteiger partial charge in [-0.2, -0.15) is 4.37 Å². The molecule has 0 unspecified atom stereocenters. The SMILES string of the molecule is O=C(O)c1cc(Br)cc2csnc12. The summed E-state index contributed by atoms with van der Waals surface area (Å²) in [6, 6.07) is 3.41. The zero-order valence-corrected chi connectivity index (χ0v) is 8.72. The van der Waals surface area contributed by atoms with Gasteiger partial charge in [0.05, 0.1) is 11.1 Å². The molecule has 1 heterocycles. The molecule has 13 heavy (non-hydrogen) atoms. The van der Waals surface area contributed by atoms with Crippen molar-refractivity contribution in [3.8, 4) is 0 Å². The summed E-state index contributed by atoms with van der Waals surface area (Å²) in [5.74, 6) is -0.947. The summed E-state index contributed by atoms with van der Waals surface area (Å²) >= 11 is 4.51. The molecule has 0 aliphatic carbocycles. The van der Waals surface area contributed by atoms with Crippen LogP contribution >= 0.6 is 27.5 Å². The van der Waals surface area contributed by atoms with Gasteiger partial charge >= 0.3 is 5.97 Å². The van der Waals surface area contributed by atoms with Crippen LogP contribution < -0.4 is 0 Å². The number of hydrogen-bond acceptors (Lipinski definition) is 3. The summed E-state index contributed by atoms with van der Waals surface area (Å²) in [6.07, 6.45) is 0. The molecule has 2 rings (SSSR count). The minimum absolute atomic E-state index is 0.241. The number of rotatable bonds is 1. The Morgan fingerprint density at radius 2 is 2.31 bits per heavy atom. The van der Waals surface area contributed by atoms with Gasteiger partial charge in [0.15, 0.2) is 0 Å². The van der Waals surface area contributed by atoms with Gasteiger partial charge in [-0.15, -0.1) is 0 Å². The molecule has 0 spiro atoms. The van der Waals surface area contributed by atoms with Gasteiger partial charge in [-0.3, -0.25) is 0 Å². The molecule has 0 aliphatic heterocycles. The van der Waals surface area contributed by atoms with E-state index in [1.807, 2.05) is 11.4 Å². The Morgan fingerprint density at radius 3 is 3.00 bits per heavy atom. The van der Waals surface area contributed by atoms with E-state index < -0.39 is 5.97 Å². The van der Waals surface area contributed by atoms with Crippen LogP contribution in [-0.2, 0) is 0 Å². The number of carboxylic acid groups (broad SMARTS) is 1. The van der Waals surface area contributed by atoms with E-state index in [4.69, 9.17) is 5.11 Å². The van der Waals surface area contributed by atoms with Crippen LogP contribution in [0.2, 0.25) is 0 Å². The fourth-order valence-corrected chi connectivity index (χ4v) is 2.24. The lowest BCUT2D eigenvalue weighted by molar-refractivity contribution is 0.0699. The maximum absolute atomic E-state index is 10.8. The smallest absolute Gasteiger partial charge is 0.337 e. The Kier molecular flexibility index (Phi) is 2.05. The Hall–Kier alpha value is -0.940. The summed E-state index contributed by atoms with van der Waals surface area (Å²) in [7, 11) is 0. The summed E-state index contributed by atoms with van der Waals surface area (Å²) in [6.45, 7) is 0. The van der Waals surface area contributed by atoms with E-state index in [1.165, 1.54) is 11.5 Å². The largest absolute Gasteiger partial charge is 0.478 e. The molecule has 1 aromatic carbocycles. The van der Waals surface area contributed by atoms with E-state index in [9.17, 15) is 4.79 Å². The number of aromatic carboxylic acids is 1. The normalized spacial score (nSPS) is 10.5. The molecule has 0 bridgehead atoms. The summed E-state index contributed by atoms with van der Waals surface area (Å²) in [5, 5.41) is 11.6. The topological polar surface area (TPSA) is 50.2 Å². The third-order valence-corrected chi connectivity index (χ3v) is 2.76. The van der Waals surface area contributed by atoms with E-state index in [0.29, 0.717) is 5.52 Å². The van der Waals surface area contributed by atoms with Crippen LogP contribution in [0.25, 0.3) is 10.9 Å². The van der Waals surface area contributed by atoms with Crippen LogP contribution in [0.1, 0.15) is 10.4 Å². The molecule has 5 heteroatoms. The molecule has 66 valence electrons. The van der Waals surface area contributed by atoms with Crippen LogP contribution in [0.5, 0.6) is 0 Å². The fraction of sp³-hybridized carbons (Fsp3) is 0. The first-order chi connectivity index (χ1) is 6.18. The molecule has 3 nitrogen and oxygen atoms in total. The average molecular weight is 258 g/mol. The minimum atomic E-state index is -0.947. The highest BCUT2D eigenvalue weighted by atomic mass is 79.9. The zero-order chi connectivity index (χ0) is 9.42. The average Bonchev–Trinajstić information content (AvgIpc) is 2.49. The highest BCUT2D eigenvalue weighted by Gasteiger charge is 2.11. The second-order valence-electron chi connectivity index (χ2n) is 2.51. The monoisotopic (exact) mass is 257 g/mol. The number of hydrogen-bond donors (Lipinski definition) is 1. The van der Waals surface area contributed by atoms with Gasteiger partial charge < -0.3 is 5.11 Å². The van der Waals surface area contributed by atoms with Crippen molar-refractivity contribution in [2.75, 3.05) is 0 Å². The lowest BCUT2D eigenvalue weighted by Gasteiger charge is -1.96. The van der Waals surface area contributed by atoms with Crippen LogP contribution in [-0.4, -0.2) is 15.4 Å². The first-order valence-electron chi connectivity index (χ1n) is 3.45. The van der Waals surface area contributed by atoms with E-state index in [2.05, 4.69) is 20.3 Å². The van der Waals surface area contributed by atoms with Gasteiger partial charge in [-0.05, 0) is 23.7 Å². The fourth-order valence-electron chi connectivity index (χ4n) is 1.11. The van der Waals surface area contributed by atoms with Crippen molar-refractivity contribution in [3.05, 3.63) is 27.5 Å². The molecule has 1 N–H and O–H groups in total. The van der Waals surface area contributed by atoms with Crippen LogP contribution in [0.3, 0.4) is 0 Å². The number of fused-ring (bicyclic) bond motifs is 1. The van der Waals surface area contributed by atoms with Crippen molar-refractivity contribution in [2.45, 2.75) is 0 Å². The summed E-state index contributed by atoms with van der Waals surface area (Å²) in [5.41, 5.74) is 0.798.